The van der Waals surface area contributed by atoms with E-state index < -0.39 is 0 Å². The van der Waals surface area contributed by atoms with Crippen LogP contribution in [0.3, 0.4) is 0 Å². The SMILES string of the molecule is Cc1cc2occ(CC(=O)Nc3ccc(CC(=O)NC(C)C)cc3)c2cc1C. The molecule has 0 saturated heterocycles. The maximum atomic E-state index is 12.4. The Kier molecular flexibility index (Phi) is 5.83. The molecule has 3 aromatic rings. The molecule has 2 amide bonds. The lowest BCUT2D eigenvalue weighted by Crippen LogP contribution is -2.31. The van der Waals surface area contributed by atoms with Gasteiger partial charge in [0, 0.05) is 22.7 Å². The lowest BCUT2D eigenvalue weighted by atomic mass is 10.0. The number of anilines is 1. The Bertz CT molecular complexity index is 1000. The van der Waals surface area contributed by atoms with Crippen LogP contribution in [0.1, 0.15) is 36.1 Å². The van der Waals surface area contributed by atoms with Gasteiger partial charge in [0.1, 0.15) is 5.58 Å². The number of hydrogen-bond acceptors (Lipinski definition) is 3. The monoisotopic (exact) mass is 378 g/mol. The fourth-order valence-electron chi connectivity index (χ4n) is 3.12. The summed E-state index contributed by atoms with van der Waals surface area (Å²) in [6.45, 7) is 7.96. The number of hydrogen-bond donors (Lipinski definition) is 2. The summed E-state index contributed by atoms with van der Waals surface area (Å²) in [5, 5.41) is 6.75. The van der Waals surface area contributed by atoms with Crippen molar-refractivity contribution in [3.63, 3.8) is 0 Å². The predicted octanol–water partition coefficient (Wildman–Crippen LogP) is 4.30. The molecule has 146 valence electrons. The van der Waals surface area contributed by atoms with Gasteiger partial charge in [0.2, 0.25) is 11.8 Å². The highest BCUT2D eigenvalue weighted by atomic mass is 16.3. The van der Waals surface area contributed by atoms with Crippen molar-refractivity contribution in [1.82, 2.24) is 5.32 Å². The number of carbonyl (C=O) groups is 2. The van der Waals surface area contributed by atoms with Gasteiger partial charge in [-0.05, 0) is 68.7 Å². The summed E-state index contributed by atoms with van der Waals surface area (Å²) in [6.07, 6.45) is 2.22. The minimum Gasteiger partial charge on any atom is -0.464 e. The predicted molar refractivity (Wildman–Crippen MR) is 111 cm³/mol. The minimum atomic E-state index is -0.105. The first-order chi connectivity index (χ1) is 13.3. The Morgan fingerprint density at radius 3 is 2.32 bits per heavy atom. The first kappa shape index (κ1) is 19.7. The third-order valence-electron chi connectivity index (χ3n) is 4.67. The van der Waals surface area contributed by atoms with Gasteiger partial charge in [-0.25, -0.2) is 0 Å². The standard InChI is InChI=1S/C23H26N2O3/c1-14(2)24-22(26)11-17-5-7-19(8-6-17)25-23(27)12-18-13-28-21-10-16(4)15(3)9-20(18)21/h5-10,13-14H,11-12H2,1-4H3,(H,24,26)(H,25,27). The van der Waals surface area contributed by atoms with Crippen LogP contribution in [0.5, 0.6) is 0 Å². The Hall–Kier alpha value is -3.08. The van der Waals surface area contributed by atoms with Gasteiger partial charge in [0.15, 0.2) is 0 Å². The van der Waals surface area contributed by atoms with Crippen molar-refractivity contribution in [3.8, 4) is 0 Å². The summed E-state index contributed by atoms with van der Waals surface area (Å²) in [5.74, 6) is -0.115. The third kappa shape index (κ3) is 4.80. The molecule has 0 fully saturated rings. The number of amides is 2. The Morgan fingerprint density at radius 1 is 0.964 bits per heavy atom. The molecular weight excluding hydrogens is 352 g/mol. The molecule has 1 aromatic heterocycles. The number of benzene rings is 2. The summed E-state index contributed by atoms with van der Waals surface area (Å²) < 4.78 is 5.60. The van der Waals surface area contributed by atoms with Gasteiger partial charge in [-0.1, -0.05) is 12.1 Å². The number of nitrogens with one attached hydrogen (secondary N) is 2. The maximum Gasteiger partial charge on any atom is 0.228 e. The molecule has 0 saturated carbocycles. The van der Waals surface area contributed by atoms with Crippen LogP contribution in [-0.4, -0.2) is 17.9 Å². The highest BCUT2D eigenvalue weighted by Crippen LogP contribution is 2.25. The lowest BCUT2D eigenvalue weighted by Gasteiger charge is -2.09. The van der Waals surface area contributed by atoms with Gasteiger partial charge >= 0.3 is 0 Å². The van der Waals surface area contributed by atoms with Crippen LogP contribution in [0.25, 0.3) is 11.0 Å². The molecule has 2 aromatic carbocycles. The topological polar surface area (TPSA) is 71.3 Å². The number of aryl methyl sites for hydroxylation is 2. The van der Waals surface area contributed by atoms with Gasteiger partial charge in [-0.3, -0.25) is 9.59 Å². The summed E-state index contributed by atoms with van der Waals surface area (Å²) in [5.41, 5.74) is 5.63. The molecule has 1 heterocycles. The van der Waals surface area contributed by atoms with Crippen molar-refractivity contribution in [2.24, 2.45) is 0 Å². The van der Waals surface area contributed by atoms with Gasteiger partial charge in [0.25, 0.3) is 0 Å². The number of fused-ring (bicyclic) bond motifs is 1. The first-order valence-electron chi connectivity index (χ1n) is 9.47. The van der Waals surface area contributed by atoms with E-state index in [1.54, 1.807) is 6.26 Å². The summed E-state index contributed by atoms with van der Waals surface area (Å²) in [6, 6.07) is 11.5. The lowest BCUT2D eigenvalue weighted by molar-refractivity contribution is -0.121. The van der Waals surface area contributed by atoms with E-state index in [2.05, 4.69) is 23.6 Å². The molecule has 0 radical (unpaired) electrons. The molecule has 0 aliphatic rings. The quantitative estimate of drug-likeness (QED) is 0.672. The van der Waals surface area contributed by atoms with Crippen LogP contribution in [0.15, 0.2) is 47.1 Å². The normalized spacial score (nSPS) is 11.0. The second kappa shape index (κ2) is 8.30. The zero-order chi connectivity index (χ0) is 20.3. The van der Waals surface area contributed by atoms with E-state index in [-0.39, 0.29) is 24.3 Å². The summed E-state index contributed by atoms with van der Waals surface area (Å²) in [4.78, 5) is 24.3. The van der Waals surface area contributed by atoms with Crippen molar-refractivity contribution in [3.05, 3.63) is 64.9 Å². The van der Waals surface area contributed by atoms with Crippen LogP contribution in [0.4, 0.5) is 5.69 Å². The van der Waals surface area contributed by atoms with Crippen LogP contribution >= 0.6 is 0 Å². The average Bonchev–Trinajstić information content (AvgIpc) is 2.98. The first-order valence-corrected chi connectivity index (χ1v) is 9.47. The summed E-state index contributed by atoms with van der Waals surface area (Å²) in [7, 11) is 0. The van der Waals surface area contributed by atoms with E-state index in [0.29, 0.717) is 12.1 Å². The van der Waals surface area contributed by atoms with Crippen LogP contribution in [0.2, 0.25) is 0 Å². The molecule has 0 aliphatic heterocycles. The highest BCUT2D eigenvalue weighted by Gasteiger charge is 2.12. The fraction of sp³-hybridized carbons (Fsp3) is 0.304. The van der Waals surface area contributed by atoms with E-state index in [1.807, 2.05) is 51.1 Å². The van der Waals surface area contributed by atoms with Crippen molar-refractivity contribution in [2.45, 2.75) is 46.6 Å². The second-order valence-electron chi connectivity index (χ2n) is 7.51. The van der Waals surface area contributed by atoms with E-state index in [0.717, 1.165) is 22.1 Å². The summed E-state index contributed by atoms with van der Waals surface area (Å²) >= 11 is 0. The largest absolute Gasteiger partial charge is 0.464 e. The fourth-order valence-corrected chi connectivity index (χ4v) is 3.12. The minimum absolute atomic E-state index is 0.0100. The second-order valence-corrected chi connectivity index (χ2v) is 7.51. The van der Waals surface area contributed by atoms with Crippen LogP contribution < -0.4 is 10.6 Å². The van der Waals surface area contributed by atoms with Gasteiger partial charge in [-0.2, -0.15) is 0 Å². The molecule has 0 unspecified atom stereocenters. The van der Waals surface area contributed by atoms with E-state index >= 15 is 0 Å². The molecule has 0 bridgehead atoms. The number of furan rings is 1. The molecule has 0 aliphatic carbocycles. The molecule has 3 rings (SSSR count). The Labute approximate surface area is 165 Å². The number of carbonyl (C=O) groups excluding carboxylic acids is 2. The van der Waals surface area contributed by atoms with Gasteiger partial charge in [0.05, 0.1) is 19.1 Å². The van der Waals surface area contributed by atoms with Crippen molar-refractivity contribution < 1.29 is 14.0 Å². The Balaban J connectivity index is 1.62. The van der Waals surface area contributed by atoms with Crippen molar-refractivity contribution in [1.29, 1.82) is 0 Å². The zero-order valence-corrected chi connectivity index (χ0v) is 16.8. The molecule has 2 N–H and O–H groups in total. The zero-order valence-electron chi connectivity index (χ0n) is 16.8. The van der Waals surface area contributed by atoms with Gasteiger partial charge < -0.3 is 15.1 Å². The molecule has 5 nitrogen and oxygen atoms in total. The number of rotatable bonds is 6. The smallest absolute Gasteiger partial charge is 0.228 e. The van der Waals surface area contributed by atoms with Crippen LogP contribution in [-0.2, 0) is 22.4 Å². The average molecular weight is 378 g/mol. The van der Waals surface area contributed by atoms with Crippen LogP contribution in [0, 0.1) is 13.8 Å². The molecular formula is C23H26N2O3. The molecule has 28 heavy (non-hydrogen) atoms. The highest BCUT2D eigenvalue weighted by molar-refractivity contribution is 5.95. The van der Waals surface area contributed by atoms with Gasteiger partial charge in [-0.15, -0.1) is 0 Å². The molecule has 5 heteroatoms. The maximum absolute atomic E-state index is 12.4. The van der Waals surface area contributed by atoms with E-state index in [1.165, 1.54) is 11.1 Å². The van der Waals surface area contributed by atoms with Crippen molar-refractivity contribution in [2.75, 3.05) is 5.32 Å². The van der Waals surface area contributed by atoms with Crippen molar-refractivity contribution >= 4 is 28.5 Å². The third-order valence-corrected chi connectivity index (χ3v) is 4.67. The molecule has 0 atom stereocenters. The Morgan fingerprint density at radius 2 is 1.64 bits per heavy atom. The van der Waals surface area contributed by atoms with E-state index in [9.17, 15) is 9.59 Å². The van der Waals surface area contributed by atoms with E-state index in [4.69, 9.17) is 4.42 Å². The molecule has 0 spiro atoms.